The van der Waals surface area contributed by atoms with Crippen LogP contribution in [0.15, 0.2) is 72.1 Å². The molecule has 3 nitrogen and oxygen atoms in total. The van der Waals surface area contributed by atoms with Gasteiger partial charge in [-0.25, -0.2) is 0 Å². The first kappa shape index (κ1) is 20.2. The summed E-state index contributed by atoms with van der Waals surface area (Å²) in [4.78, 5) is 11.3. The second-order valence-electron chi connectivity index (χ2n) is 7.30. The number of aryl methyl sites for hydroxylation is 2. The van der Waals surface area contributed by atoms with E-state index in [4.69, 9.17) is 4.74 Å². The van der Waals surface area contributed by atoms with Crippen molar-refractivity contribution in [1.29, 1.82) is 0 Å². The molecular weight excluding hydrogens is 392 g/mol. The van der Waals surface area contributed by atoms with Gasteiger partial charge in [-0.3, -0.25) is 4.79 Å². The monoisotopic (exact) mass is 416 g/mol. The molecule has 0 radical (unpaired) electrons. The van der Waals surface area contributed by atoms with Gasteiger partial charge in [0.2, 0.25) is 0 Å². The molecule has 4 rings (SSSR count). The van der Waals surface area contributed by atoms with E-state index in [0.29, 0.717) is 19.4 Å². The Hall–Kier alpha value is -3.11. The van der Waals surface area contributed by atoms with Crippen molar-refractivity contribution in [3.05, 3.63) is 88.8 Å². The summed E-state index contributed by atoms with van der Waals surface area (Å²) in [5, 5.41) is 3.51. The number of benzene rings is 3. The Morgan fingerprint density at radius 2 is 1.70 bits per heavy atom. The van der Waals surface area contributed by atoms with E-state index < -0.39 is 0 Å². The number of hydrogen-bond acceptors (Lipinski definition) is 4. The summed E-state index contributed by atoms with van der Waals surface area (Å²) in [6, 6.07) is 22.9. The minimum Gasteiger partial charge on any atom is -0.489 e. The van der Waals surface area contributed by atoms with E-state index in [1.54, 1.807) is 11.3 Å². The Morgan fingerprint density at radius 1 is 0.933 bits per heavy atom. The largest absolute Gasteiger partial charge is 0.489 e. The minimum atomic E-state index is -0.191. The lowest BCUT2D eigenvalue weighted by Crippen LogP contribution is -2.01. The average Bonchev–Trinajstić information content (AvgIpc) is 3.20. The Kier molecular flexibility index (Phi) is 6.15. The Bertz CT molecular complexity index is 1160. The quantitative estimate of drug-likeness (QED) is 0.320. The zero-order valence-corrected chi connectivity index (χ0v) is 18.0. The number of esters is 1. The fourth-order valence-electron chi connectivity index (χ4n) is 3.52. The molecular formula is C26H24O3S. The van der Waals surface area contributed by atoms with Gasteiger partial charge in [-0.2, -0.15) is 0 Å². The highest BCUT2D eigenvalue weighted by Crippen LogP contribution is 2.36. The molecule has 3 aromatic carbocycles. The molecule has 4 heteroatoms. The zero-order chi connectivity index (χ0) is 20.9. The summed E-state index contributed by atoms with van der Waals surface area (Å²) in [6.07, 6.45) is 1.06. The van der Waals surface area contributed by atoms with E-state index in [1.165, 1.54) is 33.9 Å². The van der Waals surface area contributed by atoms with Gasteiger partial charge in [0.25, 0.3) is 0 Å². The van der Waals surface area contributed by atoms with Crippen molar-refractivity contribution < 1.29 is 14.3 Å². The van der Waals surface area contributed by atoms with Crippen LogP contribution in [0.2, 0.25) is 0 Å². The standard InChI is InChI=1S/C26H24O3S/c1-18-5-3-4-6-22(18)24-17-30-25-13-9-20(15-23(24)25)16-29-21-11-7-19(8-12-21)10-14-26(27)28-2/h3-9,11-13,15,17H,10,14,16H2,1-2H3. The topological polar surface area (TPSA) is 35.5 Å². The van der Waals surface area contributed by atoms with Gasteiger partial charge in [0.05, 0.1) is 7.11 Å². The Balaban J connectivity index is 1.46. The third-order valence-corrected chi connectivity index (χ3v) is 6.21. The van der Waals surface area contributed by atoms with Crippen molar-refractivity contribution in [2.45, 2.75) is 26.4 Å². The number of carbonyl (C=O) groups excluding carboxylic acids is 1. The summed E-state index contributed by atoms with van der Waals surface area (Å²) < 4.78 is 12.0. The SMILES string of the molecule is COC(=O)CCc1ccc(OCc2ccc3scc(-c4ccccc4C)c3c2)cc1. The van der Waals surface area contributed by atoms with Crippen molar-refractivity contribution in [1.82, 2.24) is 0 Å². The molecule has 0 N–H and O–H groups in total. The molecule has 0 spiro atoms. The number of methoxy groups -OCH3 is 1. The van der Waals surface area contributed by atoms with Gasteiger partial charge in [0, 0.05) is 22.1 Å². The van der Waals surface area contributed by atoms with Crippen LogP contribution in [0, 0.1) is 6.92 Å². The summed E-state index contributed by atoms with van der Waals surface area (Å²) in [6.45, 7) is 2.67. The first-order valence-electron chi connectivity index (χ1n) is 9.99. The molecule has 0 aliphatic heterocycles. The molecule has 4 aromatic rings. The second kappa shape index (κ2) is 9.14. The van der Waals surface area contributed by atoms with Gasteiger partial charge in [0.1, 0.15) is 12.4 Å². The number of thiophene rings is 1. The molecule has 0 atom stereocenters. The molecule has 0 bridgehead atoms. The molecule has 152 valence electrons. The Morgan fingerprint density at radius 3 is 2.47 bits per heavy atom. The van der Waals surface area contributed by atoms with Gasteiger partial charge >= 0.3 is 5.97 Å². The molecule has 0 aliphatic carbocycles. The molecule has 0 saturated heterocycles. The molecule has 1 heterocycles. The normalized spacial score (nSPS) is 10.9. The van der Waals surface area contributed by atoms with Crippen molar-refractivity contribution in [2.24, 2.45) is 0 Å². The maximum absolute atomic E-state index is 11.3. The predicted octanol–water partition coefficient (Wildman–Crippen LogP) is 6.56. The highest BCUT2D eigenvalue weighted by atomic mass is 32.1. The van der Waals surface area contributed by atoms with Crippen molar-refractivity contribution >= 4 is 27.4 Å². The number of carbonyl (C=O) groups is 1. The fraction of sp³-hybridized carbons (Fsp3) is 0.192. The molecule has 0 amide bonds. The first-order chi connectivity index (χ1) is 14.6. The molecule has 0 aliphatic rings. The average molecular weight is 417 g/mol. The molecule has 0 unspecified atom stereocenters. The second-order valence-corrected chi connectivity index (χ2v) is 8.21. The molecule has 0 saturated carbocycles. The highest BCUT2D eigenvalue weighted by Gasteiger charge is 2.10. The van der Waals surface area contributed by atoms with E-state index in [9.17, 15) is 4.79 Å². The third kappa shape index (κ3) is 4.55. The third-order valence-electron chi connectivity index (χ3n) is 5.25. The van der Waals surface area contributed by atoms with E-state index in [2.05, 4.69) is 59.5 Å². The number of ether oxygens (including phenoxy) is 2. The van der Waals surface area contributed by atoms with E-state index in [0.717, 1.165) is 16.9 Å². The van der Waals surface area contributed by atoms with Crippen molar-refractivity contribution in [2.75, 3.05) is 7.11 Å². The van der Waals surface area contributed by atoms with Crippen LogP contribution < -0.4 is 4.74 Å². The number of fused-ring (bicyclic) bond motifs is 1. The maximum Gasteiger partial charge on any atom is 0.305 e. The lowest BCUT2D eigenvalue weighted by Gasteiger charge is -2.09. The van der Waals surface area contributed by atoms with E-state index in [-0.39, 0.29) is 5.97 Å². The van der Waals surface area contributed by atoms with Gasteiger partial charge in [-0.15, -0.1) is 11.3 Å². The van der Waals surface area contributed by atoms with Crippen LogP contribution in [0.3, 0.4) is 0 Å². The van der Waals surface area contributed by atoms with Crippen LogP contribution in [0.5, 0.6) is 5.75 Å². The first-order valence-corrected chi connectivity index (χ1v) is 10.9. The minimum absolute atomic E-state index is 0.191. The van der Waals surface area contributed by atoms with Crippen LogP contribution in [0.4, 0.5) is 0 Å². The molecule has 0 fully saturated rings. The van der Waals surface area contributed by atoms with Crippen molar-refractivity contribution in [3.8, 4) is 16.9 Å². The highest BCUT2D eigenvalue weighted by molar-refractivity contribution is 7.17. The summed E-state index contributed by atoms with van der Waals surface area (Å²) in [7, 11) is 1.41. The molecule has 1 aromatic heterocycles. The lowest BCUT2D eigenvalue weighted by molar-refractivity contribution is -0.140. The van der Waals surface area contributed by atoms with Gasteiger partial charge in [-0.1, -0.05) is 42.5 Å². The summed E-state index contributed by atoms with van der Waals surface area (Å²) in [5.41, 5.74) is 6.08. The van der Waals surface area contributed by atoms with Gasteiger partial charge in [0.15, 0.2) is 0 Å². The number of hydrogen-bond donors (Lipinski definition) is 0. The lowest BCUT2D eigenvalue weighted by atomic mass is 9.99. The molecule has 30 heavy (non-hydrogen) atoms. The predicted molar refractivity (Wildman–Crippen MR) is 123 cm³/mol. The van der Waals surface area contributed by atoms with Crippen LogP contribution in [0.25, 0.3) is 21.2 Å². The van der Waals surface area contributed by atoms with Crippen LogP contribution >= 0.6 is 11.3 Å². The van der Waals surface area contributed by atoms with Crippen LogP contribution in [-0.4, -0.2) is 13.1 Å². The smallest absolute Gasteiger partial charge is 0.305 e. The summed E-state index contributed by atoms with van der Waals surface area (Å²) >= 11 is 1.78. The Labute approximate surface area is 180 Å². The maximum atomic E-state index is 11.3. The number of rotatable bonds is 7. The van der Waals surface area contributed by atoms with Crippen LogP contribution in [0.1, 0.15) is 23.1 Å². The van der Waals surface area contributed by atoms with Gasteiger partial charge in [-0.05, 0) is 65.2 Å². The fourth-order valence-corrected chi connectivity index (χ4v) is 4.46. The van der Waals surface area contributed by atoms with E-state index >= 15 is 0 Å². The van der Waals surface area contributed by atoms with Gasteiger partial charge < -0.3 is 9.47 Å². The summed E-state index contributed by atoms with van der Waals surface area (Å²) in [5.74, 6) is 0.630. The van der Waals surface area contributed by atoms with E-state index in [1.807, 2.05) is 24.3 Å². The zero-order valence-electron chi connectivity index (χ0n) is 17.2. The van der Waals surface area contributed by atoms with Crippen LogP contribution in [-0.2, 0) is 22.6 Å². The van der Waals surface area contributed by atoms with Crippen molar-refractivity contribution in [3.63, 3.8) is 0 Å².